The maximum Gasteiger partial charge on any atom is 0.231 e. The van der Waals surface area contributed by atoms with Crippen LogP contribution >= 0.6 is 0 Å². The number of ketones is 1. The minimum Gasteiger partial charge on any atom is -0.496 e. The number of carbonyl (C=O) groups excluding carboxylic acids is 1. The SMILES string of the molecule is COc1cc2c(cc1C=C(C(=O)c1ccc(N)c(N(C)C)c1)C(C)C)OCO2. The Morgan fingerprint density at radius 2 is 1.86 bits per heavy atom. The van der Waals surface area contributed by atoms with Gasteiger partial charge in [0.1, 0.15) is 5.75 Å². The van der Waals surface area contributed by atoms with Crippen molar-refractivity contribution in [2.24, 2.45) is 5.92 Å². The summed E-state index contributed by atoms with van der Waals surface area (Å²) in [6.07, 6.45) is 1.86. The number of Topliss-reactive ketones (excluding diaryl/α,β-unsaturated/α-hetero) is 1. The Bertz CT molecular complexity index is 932. The molecular formula is C22H26N2O4. The molecule has 0 spiro atoms. The second-order valence-corrected chi connectivity index (χ2v) is 7.20. The van der Waals surface area contributed by atoms with Crippen LogP contribution in [0.4, 0.5) is 11.4 Å². The van der Waals surface area contributed by atoms with Crippen molar-refractivity contribution in [2.75, 3.05) is 38.6 Å². The summed E-state index contributed by atoms with van der Waals surface area (Å²) in [4.78, 5) is 15.2. The van der Waals surface area contributed by atoms with Crippen molar-refractivity contribution in [3.8, 4) is 17.2 Å². The normalized spacial score (nSPS) is 13.0. The lowest BCUT2D eigenvalue weighted by Crippen LogP contribution is -2.14. The van der Waals surface area contributed by atoms with Crippen LogP contribution in [0.3, 0.4) is 0 Å². The molecule has 0 aliphatic carbocycles. The second kappa shape index (κ2) is 7.84. The first-order valence-corrected chi connectivity index (χ1v) is 9.12. The van der Waals surface area contributed by atoms with E-state index in [1.54, 1.807) is 25.3 Å². The summed E-state index contributed by atoms with van der Waals surface area (Å²) < 4.78 is 16.4. The van der Waals surface area contributed by atoms with Gasteiger partial charge in [0.25, 0.3) is 0 Å². The highest BCUT2D eigenvalue weighted by atomic mass is 16.7. The molecule has 2 aromatic carbocycles. The fraction of sp³-hybridized carbons (Fsp3) is 0.318. The van der Waals surface area contributed by atoms with Crippen molar-refractivity contribution in [1.29, 1.82) is 0 Å². The van der Waals surface area contributed by atoms with E-state index in [4.69, 9.17) is 19.9 Å². The lowest BCUT2D eigenvalue weighted by molar-refractivity contribution is 0.102. The summed E-state index contributed by atoms with van der Waals surface area (Å²) in [6.45, 7) is 4.17. The van der Waals surface area contributed by atoms with Crippen molar-refractivity contribution >= 4 is 23.2 Å². The molecule has 0 fully saturated rings. The predicted octanol–water partition coefficient (Wildman–Crippen LogP) is 3.99. The van der Waals surface area contributed by atoms with Crippen LogP contribution in [0.15, 0.2) is 35.9 Å². The number of nitrogen functional groups attached to an aromatic ring is 1. The molecule has 0 saturated heterocycles. The molecule has 28 heavy (non-hydrogen) atoms. The highest BCUT2D eigenvalue weighted by Crippen LogP contribution is 2.39. The Labute approximate surface area is 165 Å². The molecule has 3 rings (SSSR count). The molecule has 1 aliphatic heterocycles. The zero-order valence-corrected chi connectivity index (χ0v) is 16.9. The molecule has 1 heterocycles. The molecule has 0 radical (unpaired) electrons. The van der Waals surface area contributed by atoms with Gasteiger partial charge < -0.3 is 24.8 Å². The number of fused-ring (bicyclic) bond motifs is 1. The molecule has 0 amide bonds. The highest BCUT2D eigenvalue weighted by molar-refractivity contribution is 6.12. The lowest BCUT2D eigenvalue weighted by Gasteiger charge is -2.18. The maximum absolute atomic E-state index is 13.3. The number of hydrogen-bond acceptors (Lipinski definition) is 6. The van der Waals surface area contributed by atoms with Gasteiger partial charge in [-0.25, -0.2) is 0 Å². The molecule has 148 valence electrons. The third-order valence-corrected chi connectivity index (χ3v) is 4.69. The van der Waals surface area contributed by atoms with Crippen LogP contribution in [0.2, 0.25) is 0 Å². The Morgan fingerprint density at radius 3 is 2.46 bits per heavy atom. The van der Waals surface area contributed by atoms with Gasteiger partial charge in [0.2, 0.25) is 6.79 Å². The number of carbonyl (C=O) groups is 1. The van der Waals surface area contributed by atoms with Crippen LogP contribution in [0, 0.1) is 5.92 Å². The number of anilines is 2. The second-order valence-electron chi connectivity index (χ2n) is 7.20. The Kier molecular flexibility index (Phi) is 5.49. The van der Waals surface area contributed by atoms with E-state index < -0.39 is 0 Å². The minimum absolute atomic E-state index is 0.0167. The zero-order chi connectivity index (χ0) is 20.4. The molecule has 0 saturated carbocycles. The van der Waals surface area contributed by atoms with E-state index in [0.717, 1.165) is 11.3 Å². The number of rotatable bonds is 6. The number of hydrogen-bond donors (Lipinski definition) is 1. The van der Waals surface area contributed by atoms with Gasteiger partial charge in [0, 0.05) is 36.9 Å². The number of benzene rings is 2. The van der Waals surface area contributed by atoms with Gasteiger partial charge in [-0.3, -0.25) is 4.79 Å². The first kappa shape index (κ1) is 19.6. The molecule has 0 atom stereocenters. The third-order valence-electron chi connectivity index (χ3n) is 4.69. The Hall–Kier alpha value is -3.15. The van der Waals surface area contributed by atoms with Crippen molar-refractivity contribution in [2.45, 2.75) is 13.8 Å². The fourth-order valence-corrected chi connectivity index (χ4v) is 3.13. The van der Waals surface area contributed by atoms with E-state index >= 15 is 0 Å². The molecule has 2 aromatic rings. The number of ether oxygens (including phenoxy) is 3. The van der Waals surface area contributed by atoms with Crippen molar-refractivity contribution in [3.05, 3.63) is 47.0 Å². The van der Waals surface area contributed by atoms with Crippen LogP contribution < -0.4 is 24.8 Å². The summed E-state index contributed by atoms with van der Waals surface area (Å²) in [5.74, 6) is 1.88. The van der Waals surface area contributed by atoms with Crippen molar-refractivity contribution in [1.82, 2.24) is 0 Å². The molecular weight excluding hydrogens is 356 g/mol. The van der Waals surface area contributed by atoms with Crippen molar-refractivity contribution in [3.63, 3.8) is 0 Å². The number of allylic oxidation sites excluding steroid dienone is 1. The summed E-state index contributed by atoms with van der Waals surface area (Å²) in [7, 11) is 5.39. The average Bonchev–Trinajstić information content (AvgIpc) is 3.11. The van der Waals surface area contributed by atoms with E-state index in [1.165, 1.54) is 0 Å². The van der Waals surface area contributed by atoms with Gasteiger partial charge in [-0.15, -0.1) is 0 Å². The summed E-state index contributed by atoms with van der Waals surface area (Å²) >= 11 is 0. The van der Waals surface area contributed by atoms with Crippen molar-refractivity contribution < 1.29 is 19.0 Å². The summed E-state index contributed by atoms with van der Waals surface area (Å²) in [5, 5.41) is 0. The van der Waals surface area contributed by atoms with E-state index in [2.05, 4.69) is 0 Å². The number of nitrogens with zero attached hydrogens (tertiary/aromatic N) is 1. The van der Waals surface area contributed by atoms with Gasteiger partial charge in [-0.05, 0) is 36.3 Å². The Balaban J connectivity index is 2.05. The van der Waals surface area contributed by atoms with Gasteiger partial charge in [-0.1, -0.05) is 13.8 Å². The summed E-state index contributed by atoms with van der Waals surface area (Å²) in [5.41, 5.74) is 9.52. The standard InChI is InChI=1S/C22H26N2O4/c1-13(2)16(22(25)14-6-7-17(23)18(9-14)24(3)4)8-15-10-20-21(28-12-27-20)11-19(15)26-5/h6-11,13H,12,23H2,1-5H3. The molecule has 1 aliphatic rings. The first-order chi connectivity index (χ1) is 13.3. The molecule has 6 heteroatoms. The van der Waals surface area contributed by atoms with Crippen LogP contribution in [0.5, 0.6) is 17.2 Å². The van der Waals surface area contributed by atoms with Crippen LogP contribution in [0.1, 0.15) is 29.8 Å². The summed E-state index contributed by atoms with van der Waals surface area (Å²) in [6, 6.07) is 8.97. The van der Waals surface area contributed by atoms with E-state index in [9.17, 15) is 4.79 Å². The van der Waals surface area contributed by atoms with Gasteiger partial charge >= 0.3 is 0 Å². The first-order valence-electron chi connectivity index (χ1n) is 9.12. The van der Waals surface area contributed by atoms with E-state index in [1.807, 2.05) is 51.1 Å². The van der Waals surface area contributed by atoms with Crippen LogP contribution in [-0.2, 0) is 0 Å². The fourth-order valence-electron chi connectivity index (χ4n) is 3.13. The van der Waals surface area contributed by atoms with Crippen LogP contribution in [-0.4, -0.2) is 33.8 Å². The molecule has 6 nitrogen and oxygen atoms in total. The van der Waals surface area contributed by atoms with Gasteiger partial charge in [0.05, 0.1) is 18.5 Å². The van der Waals surface area contributed by atoms with E-state index in [0.29, 0.717) is 34.1 Å². The minimum atomic E-state index is -0.0437. The Morgan fingerprint density at radius 1 is 1.18 bits per heavy atom. The third kappa shape index (κ3) is 3.76. The molecule has 2 N–H and O–H groups in total. The van der Waals surface area contributed by atoms with Gasteiger partial charge in [0.15, 0.2) is 17.3 Å². The lowest BCUT2D eigenvalue weighted by atomic mass is 9.91. The van der Waals surface area contributed by atoms with E-state index in [-0.39, 0.29) is 18.5 Å². The maximum atomic E-state index is 13.3. The smallest absolute Gasteiger partial charge is 0.231 e. The van der Waals surface area contributed by atoms with Gasteiger partial charge in [-0.2, -0.15) is 0 Å². The highest BCUT2D eigenvalue weighted by Gasteiger charge is 2.21. The molecule has 0 unspecified atom stereocenters. The monoisotopic (exact) mass is 382 g/mol. The average molecular weight is 382 g/mol. The number of methoxy groups -OCH3 is 1. The largest absolute Gasteiger partial charge is 0.496 e. The quantitative estimate of drug-likeness (QED) is 0.463. The molecule has 0 aromatic heterocycles. The number of nitrogens with two attached hydrogens (primary N) is 1. The topological polar surface area (TPSA) is 74.0 Å². The molecule has 0 bridgehead atoms. The van der Waals surface area contributed by atoms with Crippen LogP contribution in [0.25, 0.3) is 6.08 Å². The zero-order valence-electron chi connectivity index (χ0n) is 16.9. The predicted molar refractivity (Wildman–Crippen MR) is 111 cm³/mol.